The predicted octanol–water partition coefficient (Wildman–Crippen LogP) is 2.74. The predicted molar refractivity (Wildman–Crippen MR) is 111 cm³/mol. The van der Waals surface area contributed by atoms with Gasteiger partial charge in [0, 0.05) is 49.2 Å². The summed E-state index contributed by atoms with van der Waals surface area (Å²) in [6.45, 7) is 9.90. The zero-order valence-electron chi connectivity index (χ0n) is 16.3. The van der Waals surface area contributed by atoms with Gasteiger partial charge >= 0.3 is 0 Å². The number of nitrogens with one attached hydrogen (secondary N) is 1. The molecule has 148 valence electrons. The van der Waals surface area contributed by atoms with E-state index in [1.54, 1.807) is 0 Å². The van der Waals surface area contributed by atoms with E-state index >= 15 is 0 Å². The maximum atomic E-state index is 6.21. The van der Waals surface area contributed by atoms with E-state index in [0.717, 1.165) is 63.5 Å². The Labute approximate surface area is 167 Å². The lowest BCUT2D eigenvalue weighted by atomic mass is 9.96. The average molecular weight is 391 g/mol. The summed E-state index contributed by atoms with van der Waals surface area (Å²) in [4.78, 5) is 10.1. The second-order valence-electron chi connectivity index (χ2n) is 8.00. The summed E-state index contributed by atoms with van der Waals surface area (Å²) in [6, 6.07) is 8.94. The van der Waals surface area contributed by atoms with Gasteiger partial charge < -0.3 is 15.0 Å². The smallest absolute Gasteiger partial charge is 0.193 e. The standard InChI is InChI=1S/C21H31ClN4O/c1-2-23-20(26-9-6-19(15-26)25-10-12-27-13-11-25)24-16-21(7-8-21)17-4-3-5-18(22)14-17/h3-5,14,19H,2,6-13,15-16H2,1H3,(H,23,24). The van der Waals surface area contributed by atoms with Gasteiger partial charge in [-0.2, -0.15) is 0 Å². The van der Waals surface area contributed by atoms with E-state index in [9.17, 15) is 0 Å². The summed E-state index contributed by atoms with van der Waals surface area (Å²) in [7, 11) is 0. The number of benzene rings is 1. The zero-order valence-corrected chi connectivity index (χ0v) is 17.0. The van der Waals surface area contributed by atoms with Crippen LogP contribution in [0.5, 0.6) is 0 Å². The van der Waals surface area contributed by atoms with Crippen LogP contribution in [0.3, 0.4) is 0 Å². The molecule has 4 rings (SSSR count). The normalized spacial score (nSPS) is 25.6. The fourth-order valence-corrected chi connectivity index (χ4v) is 4.52. The van der Waals surface area contributed by atoms with E-state index in [0.29, 0.717) is 6.04 Å². The Morgan fingerprint density at radius 2 is 2.11 bits per heavy atom. The van der Waals surface area contributed by atoms with Gasteiger partial charge in [0.25, 0.3) is 0 Å². The highest BCUT2D eigenvalue weighted by molar-refractivity contribution is 6.30. The van der Waals surface area contributed by atoms with Crippen molar-refractivity contribution in [3.8, 4) is 0 Å². The molecule has 1 saturated carbocycles. The summed E-state index contributed by atoms with van der Waals surface area (Å²) < 4.78 is 5.50. The first kappa shape index (κ1) is 19.0. The molecule has 1 aliphatic carbocycles. The number of hydrogen-bond acceptors (Lipinski definition) is 3. The molecule has 0 spiro atoms. The van der Waals surface area contributed by atoms with E-state index in [-0.39, 0.29) is 5.41 Å². The van der Waals surface area contributed by atoms with Crippen molar-refractivity contribution in [1.29, 1.82) is 0 Å². The summed E-state index contributed by atoms with van der Waals surface area (Å²) >= 11 is 6.21. The van der Waals surface area contributed by atoms with Crippen molar-refractivity contribution in [3.05, 3.63) is 34.9 Å². The van der Waals surface area contributed by atoms with Gasteiger partial charge in [-0.1, -0.05) is 23.7 Å². The fourth-order valence-electron chi connectivity index (χ4n) is 4.33. The molecular formula is C21H31ClN4O. The van der Waals surface area contributed by atoms with Crippen molar-refractivity contribution in [2.75, 3.05) is 52.5 Å². The summed E-state index contributed by atoms with van der Waals surface area (Å²) in [5.74, 6) is 1.07. The van der Waals surface area contributed by atoms with Crippen molar-refractivity contribution in [2.45, 2.75) is 37.6 Å². The SMILES string of the molecule is CCNC(=NCC1(c2cccc(Cl)c2)CC1)N1CCC(N2CCOCC2)C1. The molecule has 6 heteroatoms. The van der Waals surface area contributed by atoms with Crippen molar-refractivity contribution in [1.82, 2.24) is 15.1 Å². The van der Waals surface area contributed by atoms with Gasteiger partial charge in [0.05, 0.1) is 19.8 Å². The van der Waals surface area contributed by atoms with Gasteiger partial charge in [0.15, 0.2) is 5.96 Å². The Morgan fingerprint density at radius 1 is 1.30 bits per heavy atom. The molecular weight excluding hydrogens is 360 g/mol. The molecule has 2 aliphatic heterocycles. The van der Waals surface area contributed by atoms with Gasteiger partial charge in [-0.3, -0.25) is 9.89 Å². The minimum atomic E-state index is 0.189. The molecule has 1 N–H and O–H groups in total. The molecule has 1 atom stereocenters. The van der Waals surface area contributed by atoms with Gasteiger partial charge in [0.2, 0.25) is 0 Å². The van der Waals surface area contributed by atoms with E-state index < -0.39 is 0 Å². The molecule has 3 fully saturated rings. The lowest BCUT2D eigenvalue weighted by Crippen LogP contribution is -2.46. The van der Waals surface area contributed by atoms with Crippen LogP contribution in [0.1, 0.15) is 31.7 Å². The maximum absolute atomic E-state index is 6.21. The molecule has 1 aromatic rings. The quantitative estimate of drug-likeness (QED) is 0.620. The van der Waals surface area contributed by atoms with Crippen LogP contribution in [0, 0.1) is 0 Å². The molecule has 2 heterocycles. The second-order valence-corrected chi connectivity index (χ2v) is 8.43. The molecule has 3 aliphatic rings. The molecule has 0 amide bonds. The van der Waals surface area contributed by atoms with E-state index in [1.165, 1.54) is 24.8 Å². The average Bonchev–Trinajstić information content (AvgIpc) is 3.33. The van der Waals surface area contributed by atoms with Crippen LogP contribution in [-0.4, -0.2) is 74.3 Å². The topological polar surface area (TPSA) is 40.1 Å². The fraction of sp³-hybridized carbons (Fsp3) is 0.667. The van der Waals surface area contributed by atoms with E-state index in [2.05, 4.69) is 40.2 Å². The summed E-state index contributed by atoms with van der Waals surface area (Å²) in [5.41, 5.74) is 1.52. The number of aliphatic imine (C=N–C) groups is 1. The lowest BCUT2D eigenvalue weighted by molar-refractivity contribution is 0.0195. The molecule has 2 saturated heterocycles. The number of rotatable bonds is 5. The Bertz CT molecular complexity index is 670. The second kappa shape index (κ2) is 8.38. The van der Waals surface area contributed by atoms with Crippen LogP contribution < -0.4 is 5.32 Å². The number of morpholine rings is 1. The number of guanidine groups is 1. The minimum absolute atomic E-state index is 0.189. The molecule has 27 heavy (non-hydrogen) atoms. The summed E-state index contributed by atoms with van der Waals surface area (Å²) in [6.07, 6.45) is 3.61. The third kappa shape index (κ3) is 4.41. The van der Waals surface area contributed by atoms with Gasteiger partial charge in [-0.15, -0.1) is 0 Å². The number of hydrogen-bond donors (Lipinski definition) is 1. The first-order valence-electron chi connectivity index (χ1n) is 10.3. The van der Waals surface area contributed by atoms with Crippen LogP contribution in [0.4, 0.5) is 0 Å². The Kier molecular flexibility index (Phi) is 5.90. The molecule has 0 bridgehead atoms. The van der Waals surface area contributed by atoms with E-state index in [1.807, 2.05) is 6.07 Å². The zero-order chi connectivity index (χ0) is 18.7. The third-order valence-electron chi connectivity index (χ3n) is 6.18. The van der Waals surface area contributed by atoms with Crippen molar-refractivity contribution in [2.24, 2.45) is 4.99 Å². The number of likely N-dealkylation sites (tertiary alicyclic amines) is 1. The van der Waals surface area contributed by atoms with Crippen molar-refractivity contribution >= 4 is 17.6 Å². The highest BCUT2D eigenvalue weighted by Gasteiger charge is 2.44. The molecule has 1 aromatic carbocycles. The third-order valence-corrected chi connectivity index (χ3v) is 6.42. The molecule has 0 radical (unpaired) electrons. The van der Waals surface area contributed by atoms with Crippen LogP contribution in [0.25, 0.3) is 0 Å². The van der Waals surface area contributed by atoms with Crippen LogP contribution in [0.15, 0.2) is 29.3 Å². The van der Waals surface area contributed by atoms with Crippen LogP contribution in [-0.2, 0) is 10.2 Å². The van der Waals surface area contributed by atoms with Gasteiger partial charge in [-0.25, -0.2) is 0 Å². The monoisotopic (exact) mass is 390 g/mol. The molecule has 0 aromatic heterocycles. The first-order chi connectivity index (χ1) is 13.2. The molecule has 1 unspecified atom stereocenters. The van der Waals surface area contributed by atoms with Crippen LogP contribution >= 0.6 is 11.6 Å². The number of ether oxygens (including phenoxy) is 1. The van der Waals surface area contributed by atoms with Crippen LogP contribution in [0.2, 0.25) is 5.02 Å². The Morgan fingerprint density at radius 3 is 2.81 bits per heavy atom. The Balaban J connectivity index is 1.42. The first-order valence-corrected chi connectivity index (χ1v) is 10.7. The van der Waals surface area contributed by atoms with Gasteiger partial charge in [0.1, 0.15) is 0 Å². The van der Waals surface area contributed by atoms with Crippen molar-refractivity contribution < 1.29 is 4.74 Å². The lowest BCUT2D eigenvalue weighted by Gasteiger charge is -2.32. The van der Waals surface area contributed by atoms with E-state index in [4.69, 9.17) is 21.3 Å². The van der Waals surface area contributed by atoms with Crippen molar-refractivity contribution in [3.63, 3.8) is 0 Å². The number of nitrogens with zero attached hydrogens (tertiary/aromatic N) is 3. The highest BCUT2D eigenvalue weighted by atomic mass is 35.5. The minimum Gasteiger partial charge on any atom is -0.379 e. The van der Waals surface area contributed by atoms with Gasteiger partial charge in [-0.05, 0) is 43.9 Å². The maximum Gasteiger partial charge on any atom is 0.193 e. The number of halogens is 1. The summed E-state index contributed by atoms with van der Waals surface area (Å²) in [5, 5.41) is 4.34. The molecule has 5 nitrogen and oxygen atoms in total. The highest BCUT2D eigenvalue weighted by Crippen LogP contribution is 2.48. The largest absolute Gasteiger partial charge is 0.379 e. The Hall–Kier alpha value is -1.30.